The number of hydrogen-bond donors (Lipinski definition) is 2. The van der Waals surface area contributed by atoms with Gasteiger partial charge in [0.25, 0.3) is 0 Å². The summed E-state index contributed by atoms with van der Waals surface area (Å²) in [5.41, 5.74) is 0. The van der Waals surface area contributed by atoms with Crippen molar-refractivity contribution < 1.29 is 4.79 Å². The summed E-state index contributed by atoms with van der Waals surface area (Å²) in [6.45, 7) is 2.02. The van der Waals surface area contributed by atoms with Crippen LogP contribution in [0.15, 0.2) is 0 Å². The highest BCUT2D eigenvalue weighted by molar-refractivity contribution is 5.76. The van der Waals surface area contributed by atoms with E-state index in [0.29, 0.717) is 12.5 Å². The van der Waals surface area contributed by atoms with Crippen molar-refractivity contribution in [2.75, 3.05) is 13.1 Å². The van der Waals surface area contributed by atoms with Gasteiger partial charge in [-0.05, 0) is 56.4 Å². The van der Waals surface area contributed by atoms with Crippen molar-refractivity contribution in [1.82, 2.24) is 10.6 Å². The molecule has 3 aliphatic rings. The minimum Gasteiger partial charge on any atom is -0.356 e. The van der Waals surface area contributed by atoms with Crippen LogP contribution in [0.25, 0.3) is 0 Å². The fourth-order valence-electron chi connectivity index (χ4n) is 4.09. The maximum absolute atomic E-state index is 11.5. The standard InChI is InChI=1S/C14H24N2O/c17-14-8-13(2-1-5-15-14)16-9-12-7-10-3-4-11(12)6-10/h10-13,16H,1-9H2,(H,15,17). The second-order valence-electron chi connectivity index (χ2n) is 6.24. The molecule has 0 aromatic rings. The van der Waals surface area contributed by atoms with Gasteiger partial charge in [0.15, 0.2) is 0 Å². The molecule has 3 heteroatoms. The van der Waals surface area contributed by atoms with Gasteiger partial charge in [-0.25, -0.2) is 0 Å². The zero-order valence-corrected chi connectivity index (χ0v) is 10.6. The van der Waals surface area contributed by atoms with Crippen LogP contribution in [-0.2, 0) is 4.79 Å². The van der Waals surface area contributed by atoms with Crippen LogP contribution in [0.3, 0.4) is 0 Å². The number of hydrogen-bond acceptors (Lipinski definition) is 2. The molecule has 96 valence electrons. The normalized spacial score (nSPS) is 41.3. The zero-order chi connectivity index (χ0) is 11.7. The summed E-state index contributed by atoms with van der Waals surface area (Å²) in [5.74, 6) is 3.16. The van der Waals surface area contributed by atoms with Crippen molar-refractivity contribution in [2.45, 2.75) is 51.0 Å². The lowest BCUT2D eigenvalue weighted by molar-refractivity contribution is -0.121. The summed E-state index contributed by atoms with van der Waals surface area (Å²) in [6.07, 6.45) is 8.82. The van der Waals surface area contributed by atoms with Crippen LogP contribution >= 0.6 is 0 Å². The molecule has 0 aromatic carbocycles. The first-order valence-electron chi connectivity index (χ1n) is 7.31. The van der Waals surface area contributed by atoms with E-state index in [0.717, 1.165) is 43.7 Å². The Balaban J connectivity index is 1.45. The first kappa shape index (κ1) is 11.5. The third-order valence-electron chi connectivity index (χ3n) is 5.04. The van der Waals surface area contributed by atoms with Crippen molar-refractivity contribution >= 4 is 5.91 Å². The molecular weight excluding hydrogens is 212 g/mol. The third-order valence-corrected chi connectivity index (χ3v) is 5.04. The van der Waals surface area contributed by atoms with Crippen molar-refractivity contribution in [1.29, 1.82) is 0 Å². The smallest absolute Gasteiger partial charge is 0.221 e. The van der Waals surface area contributed by atoms with Gasteiger partial charge in [0, 0.05) is 19.0 Å². The molecule has 17 heavy (non-hydrogen) atoms. The molecule has 1 amide bonds. The molecular formula is C14H24N2O. The van der Waals surface area contributed by atoms with E-state index in [1.54, 1.807) is 0 Å². The molecule has 4 atom stereocenters. The lowest BCUT2D eigenvalue weighted by Gasteiger charge is -2.24. The average Bonchev–Trinajstić information content (AvgIpc) is 2.87. The number of nitrogens with one attached hydrogen (secondary N) is 2. The summed E-state index contributed by atoms with van der Waals surface area (Å²) in [6, 6.07) is 0.427. The summed E-state index contributed by atoms with van der Waals surface area (Å²) >= 11 is 0. The highest BCUT2D eigenvalue weighted by Crippen LogP contribution is 2.47. The van der Waals surface area contributed by atoms with Crippen LogP contribution in [0.1, 0.15) is 44.9 Å². The van der Waals surface area contributed by atoms with Crippen LogP contribution in [0.2, 0.25) is 0 Å². The second-order valence-corrected chi connectivity index (χ2v) is 6.24. The predicted octanol–water partition coefficient (Wildman–Crippen LogP) is 1.68. The molecule has 3 rings (SSSR count). The number of carbonyl (C=O) groups is 1. The highest BCUT2D eigenvalue weighted by atomic mass is 16.1. The quantitative estimate of drug-likeness (QED) is 0.783. The van der Waals surface area contributed by atoms with Gasteiger partial charge in [-0.15, -0.1) is 0 Å². The van der Waals surface area contributed by atoms with Crippen LogP contribution in [0.4, 0.5) is 0 Å². The monoisotopic (exact) mass is 236 g/mol. The number of amides is 1. The van der Waals surface area contributed by atoms with Gasteiger partial charge in [-0.1, -0.05) is 6.42 Å². The number of rotatable bonds is 3. The van der Waals surface area contributed by atoms with E-state index in [1.165, 1.54) is 25.7 Å². The molecule has 1 saturated heterocycles. The fourth-order valence-corrected chi connectivity index (χ4v) is 4.09. The Morgan fingerprint density at radius 3 is 2.94 bits per heavy atom. The second kappa shape index (κ2) is 4.97. The molecule has 2 aliphatic carbocycles. The summed E-state index contributed by atoms with van der Waals surface area (Å²) in [7, 11) is 0. The van der Waals surface area contributed by atoms with Crippen LogP contribution < -0.4 is 10.6 Å². The molecule has 3 fully saturated rings. The van der Waals surface area contributed by atoms with Crippen molar-refractivity contribution in [3.63, 3.8) is 0 Å². The number of carbonyl (C=O) groups excluding carboxylic acids is 1. The Morgan fingerprint density at radius 2 is 2.18 bits per heavy atom. The van der Waals surface area contributed by atoms with E-state index < -0.39 is 0 Å². The lowest BCUT2D eigenvalue weighted by atomic mass is 9.88. The molecule has 2 N–H and O–H groups in total. The van der Waals surface area contributed by atoms with Gasteiger partial charge in [0.05, 0.1) is 0 Å². The number of fused-ring (bicyclic) bond motifs is 2. The van der Waals surface area contributed by atoms with Gasteiger partial charge in [0.2, 0.25) is 5.91 Å². The topological polar surface area (TPSA) is 41.1 Å². The van der Waals surface area contributed by atoms with Gasteiger partial charge in [0.1, 0.15) is 0 Å². The first-order valence-corrected chi connectivity index (χ1v) is 7.31. The largest absolute Gasteiger partial charge is 0.356 e. The summed E-state index contributed by atoms with van der Waals surface area (Å²) in [4.78, 5) is 11.5. The minimum absolute atomic E-state index is 0.230. The molecule has 4 unspecified atom stereocenters. The van der Waals surface area contributed by atoms with Gasteiger partial charge in [-0.3, -0.25) is 4.79 Å². The van der Waals surface area contributed by atoms with E-state index >= 15 is 0 Å². The molecule has 2 bridgehead atoms. The Morgan fingerprint density at radius 1 is 1.24 bits per heavy atom. The predicted molar refractivity (Wildman–Crippen MR) is 67.6 cm³/mol. The lowest BCUT2D eigenvalue weighted by Crippen LogP contribution is -2.36. The Kier molecular flexibility index (Phi) is 3.37. The van der Waals surface area contributed by atoms with E-state index in [4.69, 9.17) is 0 Å². The minimum atomic E-state index is 0.230. The van der Waals surface area contributed by atoms with E-state index in [1.807, 2.05) is 0 Å². The van der Waals surface area contributed by atoms with Crippen LogP contribution in [-0.4, -0.2) is 25.0 Å². The van der Waals surface area contributed by atoms with Gasteiger partial charge in [-0.2, -0.15) is 0 Å². The Bertz CT molecular complexity index is 292. The van der Waals surface area contributed by atoms with Crippen molar-refractivity contribution in [3.05, 3.63) is 0 Å². The van der Waals surface area contributed by atoms with Crippen LogP contribution in [0, 0.1) is 17.8 Å². The maximum atomic E-state index is 11.5. The third kappa shape index (κ3) is 2.65. The van der Waals surface area contributed by atoms with Gasteiger partial charge >= 0.3 is 0 Å². The molecule has 0 aromatic heterocycles. The van der Waals surface area contributed by atoms with Gasteiger partial charge < -0.3 is 10.6 Å². The molecule has 2 saturated carbocycles. The van der Waals surface area contributed by atoms with E-state index in [9.17, 15) is 4.79 Å². The van der Waals surface area contributed by atoms with Crippen LogP contribution in [0.5, 0.6) is 0 Å². The summed E-state index contributed by atoms with van der Waals surface area (Å²) in [5, 5.41) is 6.61. The first-order chi connectivity index (χ1) is 8.31. The molecule has 1 heterocycles. The average molecular weight is 236 g/mol. The van der Waals surface area contributed by atoms with Crippen molar-refractivity contribution in [2.24, 2.45) is 17.8 Å². The molecule has 3 nitrogen and oxygen atoms in total. The Labute approximate surface area is 104 Å². The summed E-state index contributed by atoms with van der Waals surface area (Å²) < 4.78 is 0. The fraction of sp³-hybridized carbons (Fsp3) is 0.929. The zero-order valence-electron chi connectivity index (χ0n) is 10.6. The van der Waals surface area contributed by atoms with Crippen molar-refractivity contribution in [3.8, 4) is 0 Å². The molecule has 1 aliphatic heterocycles. The van der Waals surface area contributed by atoms with E-state index in [-0.39, 0.29) is 5.91 Å². The Hall–Kier alpha value is -0.570. The SMILES string of the molecule is O=C1CC(NCC2CC3CCC2C3)CCCN1. The molecule has 0 radical (unpaired) electrons. The molecule has 0 spiro atoms. The van der Waals surface area contributed by atoms with E-state index in [2.05, 4.69) is 10.6 Å². The maximum Gasteiger partial charge on any atom is 0.221 e. The highest BCUT2D eigenvalue weighted by Gasteiger charge is 2.39.